The van der Waals surface area contributed by atoms with Crippen molar-refractivity contribution in [2.75, 3.05) is 45.7 Å². The Morgan fingerprint density at radius 1 is 1.25 bits per heavy atom. The molecule has 0 radical (unpaired) electrons. The summed E-state index contributed by atoms with van der Waals surface area (Å²) in [6.07, 6.45) is 3.71. The molecule has 3 N–H and O–H groups in total. The number of aryl methyl sites for hydroxylation is 1. The van der Waals surface area contributed by atoms with E-state index < -0.39 is 6.10 Å². The molecule has 1 aliphatic heterocycles. The lowest BCUT2D eigenvalue weighted by atomic mass is 10.1. The first kappa shape index (κ1) is 22.7. The standard InChI is InChI=1S/C22H29ClN6O3/c1-13-9-25-17(14(2)20(13)31-3)8-15-10-29(19-18(15)26-22(24)27-21(19)23)12-16(30)11-28-4-6-32-7-5-28/h9-10,16,30H,4-8,11-12H2,1-3H3,(H2,24,26,27). The number of anilines is 1. The van der Waals surface area contributed by atoms with Crippen LogP contribution in [0.2, 0.25) is 5.15 Å². The molecule has 0 saturated carbocycles. The number of nitrogen functional groups attached to an aromatic ring is 1. The zero-order valence-electron chi connectivity index (χ0n) is 18.6. The quantitative estimate of drug-likeness (QED) is 0.515. The molecule has 1 aliphatic rings. The van der Waals surface area contributed by atoms with E-state index in [0.29, 0.717) is 43.8 Å². The zero-order valence-corrected chi connectivity index (χ0v) is 19.4. The van der Waals surface area contributed by atoms with Crippen molar-refractivity contribution in [1.82, 2.24) is 24.4 Å². The lowest BCUT2D eigenvalue weighted by molar-refractivity contribution is 0.0117. The summed E-state index contributed by atoms with van der Waals surface area (Å²) < 4.78 is 12.9. The van der Waals surface area contributed by atoms with Gasteiger partial charge in [-0.25, -0.2) is 4.98 Å². The Morgan fingerprint density at radius 3 is 2.72 bits per heavy atom. The number of aliphatic hydroxyl groups is 1. The first-order chi connectivity index (χ1) is 15.4. The molecule has 0 bridgehead atoms. The van der Waals surface area contributed by atoms with Crippen molar-refractivity contribution in [1.29, 1.82) is 0 Å². The van der Waals surface area contributed by atoms with E-state index in [1.54, 1.807) is 7.11 Å². The van der Waals surface area contributed by atoms with Gasteiger partial charge >= 0.3 is 0 Å². The van der Waals surface area contributed by atoms with Crippen LogP contribution >= 0.6 is 11.6 Å². The van der Waals surface area contributed by atoms with Crippen molar-refractivity contribution >= 4 is 28.6 Å². The van der Waals surface area contributed by atoms with Crippen LogP contribution in [0.1, 0.15) is 22.4 Å². The molecule has 10 heteroatoms. The molecule has 3 aromatic heterocycles. The molecule has 172 valence electrons. The van der Waals surface area contributed by atoms with Crippen molar-refractivity contribution in [2.45, 2.75) is 32.9 Å². The zero-order chi connectivity index (χ0) is 22.8. The molecule has 32 heavy (non-hydrogen) atoms. The highest BCUT2D eigenvalue weighted by atomic mass is 35.5. The predicted octanol–water partition coefficient (Wildman–Crippen LogP) is 1.97. The summed E-state index contributed by atoms with van der Waals surface area (Å²) in [6, 6.07) is 0. The SMILES string of the molecule is COc1c(C)cnc(Cc2cn(CC(O)CN3CCOCC3)c3c(Cl)nc(N)nc23)c1C. The number of β-amino-alcohol motifs (C(OH)–C–C–N with tert-alkyl or cyclic N) is 1. The second-order valence-electron chi connectivity index (χ2n) is 8.17. The molecule has 0 aliphatic carbocycles. The molecule has 0 aromatic carbocycles. The molecule has 1 unspecified atom stereocenters. The number of nitrogens with two attached hydrogens (primary N) is 1. The monoisotopic (exact) mass is 460 g/mol. The molecule has 1 fully saturated rings. The van der Waals surface area contributed by atoms with Crippen LogP contribution in [-0.4, -0.2) is 75.6 Å². The highest BCUT2D eigenvalue weighted by Crippen LogP contribution is 2.30. The second kappa shape index (κ2) is 9.58. The highest BCUT2D eigenvalue weighted by molar-refractivity contribution is 6.33. The fourth-order valence-corrected chi connectivity index (χ4v) is 4.59. The number of morpholine rings is 1. The summed E-state index contributed by atoms with van der Waals surface area (Å²) in [5.41, 5.74) is 11.0. The van der Waals surface area contributed by atoms with Crippen molar-refractivity contribution in [3.63, 3.8) is 0 Å². The Kier molecular flexibility index (Phi) is 6.80. The van der Waals surface area contributed by atoms with Crippen molar-refractivity contribution in [2.24, 2.45) is 0 Å². The lowest BCUT2D eigenvalue weighted by Crippen LogP contribution is -2.41. The van der Waals surface area contributed by atoms with Crippen LogP contribution < -0.4 is 10.5 Å². The molecule has 3 aromatic rings. The van der Waals surface area contributed by atoms with Crippen molar-refractivity contribution < 1.29 is 14.6 Å². The maximum absolute atomic E-state index is 10.8. The molecule has 0 spiro atoms. The third-order valence-electron chi connectivity index (χ3n) is 5.85. The van der Waals surface area contributed by atoms with Crippen molar-refractivity contribution in [3.8, 4) is 5.75 Å². The maximum Gasteiger partial charge on any atom is 0.222 e. The molecule has 1 atom stereocenters. The van der Waals surface area contributed by atoms with Gasteiger partial charge in [-0.1, -0.05) is 11.6 Å². The smallest absolute Gasteiger partial charge is 0.222 e. The van der Waals surface area contributed by atoms with Crippen LogP contribution in [0.25, 0.3) is 11.0 Å². The summed E-state index contributed by atoms with van der Waals surface area (Å²) in [4.78, 5) is 15.4. The van der Waals surface area contributed by atoms with Gasteiger partial charge in [-0.3, -0.25) is 9.88 Å². The third kappa shape index (κ3) is 4.66. The third-order valence-corrected chi connectivity index (χ3v) is 6.11. The Labute approximate surface area is 192 Å². The van der Waals surface area contributed by atoms with E-state index in [4.69, 9.17) is 26.8 Å². The van der Waals surface area contributed by atoms with E-state index in [9.17, 15) is 5.11 Å². The lowest BCUT2D eigenvalue weighted by Gasteiger charge is -2.28. The molecule has 4 heterocycles. The number of ether oxygens (including phenoxy) is 2. The second-order valence-corrected chi connectivity index (χ2v) is 8.52. The summed E-state index contributed by atoms with van der Waals surface area (Å²) in [7, 11) is 1.66. The number of pyridine rings is 1. The maximum atomic E-state index is 10.8. The minimum Gasteiger partial charge on any atom is -0.496 e. The van der Waals surface area contributed by atoms with Gasteiger partial charge in [0.1, 0.15) is 11.3 Å². The summed E-state index contributed by atoms with van der Waals surface area (Å²) >= 11 is 6.46. The van der Waals surface area contributed by atoms with Crippen LogP contribution in [0.15, 0.2) is 12.4 Å². The number of halogens is 1. The van der Waals surface area contributed by atoms with Crippen LogP contribution in [0.3, 0.4) is 0 Å². The van der Waals surface area contributed by atoms with Gasteiger partial charge < -0.3 is 24.9 Å². The van der Waals surface area contributed by atoms with E-state index >= 15 is 0 Å². The van der Waals surface area contributed by atoms with E-state index in [1.165, 1.54) is 0 Å². The predicted molar refractivity (Wildman–Crippen MR) is 123 cm³/mol. The average Bonchev–Trinajstić information content (AvgIpc) is 3.08. The van der Waals surface area contributed by atoms with Crippen LogP contribution in [-0.2, 0) is 17.7 Å². The van der Waals surface area contributed by atoms with Gasteiger partial charge in [0, 0.05) is 55.1 Å². The number of aromatic nitrogens is 4. The first-order valence-corrected chi connectivity index (χ1v) is 11.0. The number of fused-ring (bicyclic) bond motifs is 1. The average molecular weight is 461 g/mol. The number of nitrogens with zero attached hydrogens (tertiary/aromatic N) is 5. The van der Waals surface area contributed by atoms with Gasteiger partial charge in [0.2, 0.25) is 5.95 Å². The topological polar surface area (TPSA) is 112 Å². The van der Waals surface area contributed by atoms with E-state index in [-0.39, 0.29) is 11.1 Å². The van der Waals surface area contributed by atoms with Gasteiger partial charge in [0.25, 0.3) is 0 Å². The normalized spacial score (nSPS) is 15.9. The number of rotatable bonds is 7. The first-order valence-electron chi connectivity index (χ1n) is 10.6. The van der Waals surface area contributed by atoms with Gasteiger partial charge in [0.05, 0.1) is 44.2 Å². The Balaban J connectivity index is 1.66. The van der Waals surface area contributed by atoms with Crippen molar-refractivity contribution in [3.05, 3.63) is 39.9 Å². The van der Waals surface area contributed by atoms with Crippen LogP contribution in [0.5, 0.6) is 5.75 Å². The van der Waals surface area contributed by atoms with E-state index in [1.807, 2.05) is 30.8 Å². The highest BCUT2D eigenvalue weighted by Gasteiger charge is 2.21. The Hall–Kier alpha value is -2.46. The van der Waals surface area contributed by atoms with Gasteiger partial charge in [-0.15, -0.1) is 0 Å². The fourth-order valence-electron chi connectivity index (χ4n) is 4.31. The Bertz CT molecular complexity index is 1110. The molecule has 1 saturated heterocycles. The summed E-state index contributed by atoms with van der Waals surface area (Å²) in [5.74, 6) is 0.938. The Morgan fingerprint density at radius 2 is 2.00 bits per heavy atom. The number of methoxy groups -OCH3 is 1. The summed E-state index contributed by atoms with van der Waals surface area (Å²) in [6.45, 7) is 7.90. The molecule has 9 nitrogen and oxygen atoms in total. The number of hydrogen-bond acceptors (Lipinski definition) is 8. The van der Waals surface area contributed by atoms with E-state index in [2.05, 4.69) is 19.9 Å². The minimum atomic E-state index is -0.579. The van der Waals surface area contributed by atoms with Gasteiger partial charge in [-0.2, -0.15) is 4.98 Å². The van der Waals surface area contributed by atoms with Crippen LogP contribution in [0, 0.1) is 13.8 Å². The fraction of sp³-hybridized carbons (Fsp3) is 0.500. The van der Waals surface area contributed by atoms with Crippen LogP contribution in [0.4, 0.5) is 5.95 Å². The molecule has 4 rings (SSSR count). The number of hydrogen-bond donors (Lipinski definition) is 2. The van der Waals surface area contributed by atoms with Gasteiger partial charge in [-0.05, 0) is 13.8 Å². The van der Waals surface area contributed by atoms with E-state index in [0.717, 1.165) is 41.2 Å². The molecular formula is C22H29ClN6O3. The molecule has 0 amide bonds. The minimum absolute atomic E-state index is 0.113. The summed E-state index contributed by atoms with van der Waals surface area (Å²) in [5, 5.41) is 11.0. The van der Waals surface area contributed by atoms with Gasteiger partial charge in [0.15, 0.2) is 5.15 Å². The number of aliphatic hydroxyl groups excluding tert-OH is 1. The largest absolute Gasteiger partial charge is 0.496 e. The molecular weight excluding hydrogens is 432 g/mol.